The zero-order valence-corrected chi connectivity index (χ0v) is 11.9. The van der Waals surface area contributed by atoms with E-state index >= 15 is 0 Å². The lowest BCUT2D eigenvalue weighted by Gasteiger charge is -2.46. The van der Waals surface area contributed by atoms with Crippen molar-refractivity contribution in [3.05, 3.63) is 54.1 Å². The molecule has 3 N–H and O–H groups in total. The Labute approximate surface area is 126 Å². The number of hydrogen-bond acceptors (Lipinski definition) is 4. The van der Waals surface area contributed by atoms with Crippen molar-refractivity contribution in [3.8, 4) is 0 Å². The fourth-order valence-electron chi connectivity index (χ4n) is 3.42. The van der Waals surface area contributed by atoms with E-state index in [1.807, 2.05) is 24.3 Å². The minimum Gasteiger partial charge on any atom is -0.369 e. The lowest BCUT2D eigenvalue weighted by Crippen LogP contribution is -2.53. The Balaban J connectivity index is 1.85. The van der Waals surface area contributed by atoms with Gasteiger partial charge in [-0.15, -0.1) is 0 Å². The van der Waals surface area contributed by atoms with Crippen molar-refractivity contribution in [1.29, 1.82) is 0 Å². The molecule has 3 aromatic rings. The zero-order valence-electron chi connectivity index (χ0n) is 11.9. The number of primary amides is 1. The summed E-state index contributed by atoms with van der Waals surface area (Å²) in [4.78, 5) is 21.1. The third-order valence-corrected chi connectivity index (χ3v) is 4.70. The molecule has 3 heterocycles. The topological polar surface area (TPSA) is 97.6 Å². The van der Waals surface area contributed by atoms with Crippen LogP contribution in [0.3, 0.4) is 0 Å². The van der Waals surface area contributed by atoms with E-state index in [0.717, 1.165) is 23.0 Å². The van der Waals surface area contributed by atoms with Crippen LogP contribution in [0, 0.1) is 0 Å². The molecule has 0 radical (unpaired) electrons. The van der Waals surface area contributed by atoms with Crippen LogP contribution < -0.4 is 5.73 Å². The molecule has 6 nitrogen and oxygen atoms in total. The molecule has 4 rings (SSSR count). The minimum atomic E-state index is -0.755. The molecular formula is C16H15N5O. The number of nitrogens with one attached hydrogen (secondary N) is 1. The summed E-state index contributed by atoms with van der Waals surface area (Å²) in [5, 5.41) is 6.84. The standard InChI is InChI=1S/C16H15N5O/c17-15(22)16(6-5-11(16)10-2-1-7-18-8-10)14-4-3-12-13(20-14)9-19-21-12/h1-4,7-9,11H,5-6H2,(H2,17,22)(H,19,21). The summed E-state index contributed by atoms with van der Waals surface area (Å²) in [5.74, 6) is -0.307. The van der Waals surface area contributed by atoms with Crippen molar-refractivity contribution >= 4 is 16.9 Å². The summed E-state index contributed by atoms with van der Waals surface area (Å²) in [6, 6.07) is 7.64. The molecule has 0 spiro atoms. The number of carbonyl (C=O) groups is 1. The van der Waals surface area contributed by atoms with Crippen molar-refractivity contribution in [2.45, 2.75) is 24.2 Å². The second-order valence-electron chi connectivity index (χ2n) is 5.71. The summed E-state index contributed by atoms with van der Waals surface area (Å²) < 4.78 is 0. The van der Waals surface area contributed by atoms with E-state index in [4.69, 9.17) is 5.73 Å². The van der Waals surface area contributed by atoms with E-state index in [0.29, 0.717) is 12.1 Å². The third kappa shape index (κ3) is 1.67. The third-order valence-electron chi connectivity index (χ3n) is 4.70. The lowest BCUT2D eigenvalue weighted by atomic mass is 9.55. The van der Waals surface area contributed by atoms with Gasteiger partial charge in [0.25, 0.3) is 0 Å². The first-order valence-electron chi connectivity index (χ1n) is 7.22. The Kier molecular flexibility index (Phi) is 2.72. The molecule has 1 saturated carbocycles. The van der Waals surface area contributed by atoms with Gasteiger partial charge in [-0.25, -0.2) is 4.98 Å². The summed E-state index contributed by atoms with van der Waals surface area (Å²) in [7, 11) is 0. The molecule has 2 unspecified atom stereocenters. The molecule has 3 aromatic heterocycles. The SMILES string of the molecule is NC(=O)C1(c2ccc3[nH]ncc3n2)CCC1c1cccnc1. The Bertz CT molecular complexity index is 844. The van der Waals surface area contributed by atoms with E-state index < -0.39 is 5.41 Å². The number of nitrogens with two attached hydrogens (primary N) is 1. The molecule has 0 aliphatic heterocycles. The van der Waals surface area contributed by atoms with Crippen LogP contribution in [0.25, 0.3) is 11.0 Å². The van der Waals surface area contributed by atoms with Crippen LogP contribution >= 0.6 is 0 Å². The van der Waals surface area contributed by atoms with Crippen LogP contribution in [0.4, 0.5) is 0 Å². The summed E-state index contributed by atoms with van der Waals surface area (Å²) >= 11 is 0. The highest BCUT2D eigenvalue weighted by molar-refractivity contribution is 5.89. The summed E-state index contributed by atoms with van der Waals surface area (Å²) in [6.45, 7) is 0. The van der Waals surface area contributed by atoms with Gasteiger partial charge >= 0.3 is 0 Å². The second-order valence-corrected chi connectivity index (χ2v) is 5.71. The Morgan fingerprint density at radius 3 is 2.91 bits per heavy atom. The smallest absolute Gasteiger partial charge is 0.230 e. The van der Waals surface area contributed by atoms with Crippen LogP contribution in [-0.2, 0) is 10.2 Å². The molecule has 1 fully saturated rings. The Morgan fingerprint density at radius 2 is 2.23 bits per heavy atom. The molecule has 22 heavy (non-hydrogen) atoms. The van der Waals surface area contributed by atoms with Crippen molar-refractivity contribution in [2.75, 3.05) is 0 Å². The highest BCUT2D eigenvalue weighted by atomic mass is 16.1. The zero-order chi connectivity index (χ0) is 15.2. The van der Waals surface area contributed by atoms with E-state index in [1.165, 1.54) is 0 Å². The number of amides is 1. The maximum atomic E-state index is 12.3. The van der Waals surface area contributed by atoms with Crippen LogP contribution in [0.5, 0.6) is 0 Å². The normalized spacial score (nSPS) is 24.1. The van der Waals surface area contributed by atoms with Crippen molar-refractivity contribution in [3.63, 3.8) is 0 Å². The number of aromatic nitrogens is 4. The van der Waals surface area contributed by atoms with Gasteiger partial charge in [-0.05, 0) is 36.6 Å². The van der Waals surface area contributed by atoms with Crippen molar-refractivity contribution in [1.82, 2.24) is 20.2 Å². The molecule has 6 heteroatoms. The molecule has 110 valence electrons. The molecule has 1 amide bonds. The fourth-order valence-corrected chi connectivity index (χ4v) is 3.42. The summed E-state index contributed by atoms with van der Waals surface area (Å²) in [6.07, 6.45) is 6.80. The first-order valence-corrected chi connectivity index (χ1v) is 7.22. The minimum absolute atomic E-state index is 0.0237. The van der Waals surface area contributed by atoms with Gasteiger partial charge in [0, 0.05) is 18.3 Å². The number of rotatable bonds is 3. The molecule has 2 atom stereocenters. The maximum Gasteiger partial charge on any atom is 0.230 e. The summed E-state index contributed by atoms with van der Waals surface area (Å²) in [5.41, 5.74) is 8.37. The van der Waals surface area contributed by atoms with Crippen molar-refractivity contribution in [2.24, 2.45) is 5.73 Å². The fraction of sp³-hybridized carbons (Fsp3) is 0.250. The maximum absolute atomic E-state index is 12.3. The van der Waals surface area contributed by atoms with Gasteiger partial charge in [0.1, 0.15) is 5.52 Å². The number of carbonyl (C=O) groups excluding carboxylic acids is 1. The number of hydrogen-bond donors (Lipinski definition) is 2. The van der Waals surface area contributed by atoms with Gasteiger partial charge in [-0.2, -0.15) is 5.10 Å². The van der Waals surface area contributed by atoms with Gasteiger partial charge in [0.2, 0.25) is 5.91 Å². The van der Waals surface area contributed by atoms with Crippen LogP contribution in [0.1, 0.15) is 30.0 Å². The van der Waals surface area contributed by atoms with Gasteiger partial charge in [0.05, 0.1) is 22.8 Å². The number of nitrogens with zero attached hydrogens (tertiary/aromatic N) is 3. The molecule has 0 saturated heterocycles. The highest BCUT2D eigenvalue weighted by Crippen LogP contribution is 2.53. The quantitative estimate of drug-likeness (QED) is 0.767. The predicted molar refractivity (Wildman–Crippen MR) is 81.0 cm³/mol. The average Bonchev–Trinajstić information content (AvgIpc) is 2.95. The second kappa shape index (κ2) is 4.62. The Hall–Kier alpha value is -2.76. The Morgan fingerprint density at radius 1 is 1.32 bits per heavy atom. The van der Waals surface area contributed by atoms with Crippen LogP contribution in [0.2, 0.25) is 0 Å². The van der Waals surface area contributed by atoms with E-state index in [1.54, 1.807) is 18.6 Å². The lowest BCUT2D eigenvalue weighted by molar-refractivity contribution is -0.128. The van der Waals surface area contributed by atoms with Gasteiger partial charge in [-0.1, -0.05) is 6.07 Å². The number of aromatic amines is 1. The van der Waals surface area contributed by atoms with Gasteiger partial charge in [0.15, 0.2) is 0 Å². The van der Waals surface area contributed by atoms with Crippen LogP contribution in [0.15, 0.2) is 42.9 Å². The number of pyridine rings is 2. The van der Waals surface area contributed by atoms with E-state index in [9.17, 15) is 4.79 Å². The highest BCUT2D eigenvalue weighted by Gasteiger charge is 2.54. The molecule has 0 aromatic carbocycles. The molecule has 0 bridgehead atoms. The van der Waals surface area contributed by atoms with Crippen molar-refractivity contribution < 1.29 is 4.79 Å². The number of H-pyrrole nitrogens is 1. The first kappa shape index (κ1) is 12.9. The molecular weight excluding hydrogens is 278 g/mol. The monoisotopic (exact) mass is 293 g/mol. The first-order chi connectivity index (χ1) is 10.7. The molecule has 1 aliphatic carbocycles. The predicted octanol–water partition coefficient (Wildman–Crippen LogP) is 1.65. The van der Waals surface area contributed by atoms with E-state index in [2.05, 4.69) is 20.2 Å². The van der Waals surface area contributed by atoms with Gasteiger partial charge < -0.3 is 5.73 Å². The molecule has 1 aliphatic rings. The van der Waals surface area contributed by atoms with E-state index in [-0.39, 0.29) is 11.8 Å². The van der Waals surface area contributed by atoms with Crippen LogP contribution in [-0.4, -0.2) is 26.1 Å². The average molecular weight is 293 g/mol. The largest absolute Gasteiger partial charge is 0.369 e. The van der Waals surface area contributed by atoms with Gasteiger partial charge in [-0.3, -0.25) is 14.9 Å². The number of fused-ring (bicyclic) bond motifs is 1.